The number of carbonyl (C=O) groups excluding carboxylic acids is 2. The Balaban J connectivity index is 0.000000296. The van der Waals surface area contributed by atoms with Crippen molar-refractivity contribution in [2.24, 2.45) is 11.8 Å². The van der Waals surface area contributed by atoms with Gasteiger partial charge in [-0.3, -0.25) is 28.5 Å². The van der Waals surface area contributed by atoms with Gasteiger partial charge in [0.15, 0.2) is 0 Å². The van der Waals surface area contributed by atoms with Crippen molar-refractivity contribution < 1.29 is 51.3 Å². The first-order valence-electron chi connectivity index (χ1n) is 19.1. The van der Waals surface area contributed by atoms with Gasteiger partial charge in [-0.1, -0.05) is 87.2 Å². The molecule has 2 saturated heterocycles. The molecule has 0 saturated carbocycles. The van der Waals surface area contributed by atoms with Gasteiger partial charge in [0.2, 0.25) is 11.6 Å². The van der Waals surface area contributed by atoms with Crippen LogP contribution in [-0.4, -0.2) is 69.1 Å². The second-order valence-electron chi connectivity index (χ2n) is 14.6. The van der Waals surface area contributed by atoms with Gasteiger partial charge in [0.25, 0.3) is 11.5 Å². The predicted molar refractivity (Wildman–Crippen MR) is 214 cm³/mol. The minimum atomic E-state index is -4.20. The number of ether oxygens (including phenoxy) is 3. The first kappa shape index (κ1) is 44.1. The minimum Gasteiger partial charge on any atom is -0.460 e. The lowest BCUT2D eigenvalue weighted by Crippen LogP contribution is -2.42. The highest BCUT2D eigenvalue weighted by molar-refractivity contribution is 7.52. The molecule has 19 heteroatoms. The maximum atomic E-state index is 14.2. The van der Waals surface area contributed by atoms with E-state index in [9.17, 15) is 32.5 Å². The SMILES string of the molecule is C=C1NC(=O)C(F)=CN1[C@H]1CC(C)[C@@H](COP(=O)(N[C@@H](C)C(=O)OCc2ccccc2)Oc2cccc3ccccc23)O1.CC1C[C@H](n2cc(F)c(=O)[nH]c2=O)O[C@@H]1CO. The van der Waals surface area contributed by atoms with Crippen molar-refractivity contribution >= 4 is 30.4 Å². The van der Waals surface area contributed by atoms with E-state index in [0.29, 0.717) is 24.0 Å². The zero-order valence-electron chi connectivity index (χ0n) is 33.0. The standard InChI is InChI=1S/C31H33FN3O7P.C10H13FN2O4/c1-20-16-29(35-17-26(32)30(36)33-22(35)3)41-28(20)19-40-43(38,42-27-15-9-13-24-12-7-8-14-25(24)27)34-21(2)31(37)39-18-23-10-5-4-6-11-23;1-5-2-8(17-7(5)4-14)13-3-6(11)9(15)12-10(13)16/h4-15,17,20-21,28-29H,3,16,18-19H2,1-2H3,(H,33,36)(H,34,38);3,5,7-8,14H,2,4H2,1H3,(H,12,15,16)/t20?,21-,28+,29+,43?;5?,7-,8-/m01/s1. The highest BCUT2D eigenvalue weighted by Crippen LogP contribution is 2.48. The number of aliphatic hydroxyl groups is 1. The number of aliphatic hydroxyl groups excluding tert-OH is 1. The summed E-state index contributed by atoms with van der Waals surface area (Å²) in [5.74, 6) is -3.07. The normalized spacial score (nSPS) is 24.2. The Morgan fingerprint density at radius 3 is 2.38 bits per heavy atom. The van der Waals surface area contributed by atoms with E-state index in [-0.39, 0.29) is 43.6 Å². The van der Waals surface area contributed by atoms with Crippen molar-refractivity contribution in [1.29, 1.82) is 0 Å². The molecule has 0 aliphatic carbocycles. The summed E-state index contributed by atoms with van der Waals surface area (Å²) in [6.07, 6.45) is 0.578. The van der Waals surface area contributed by atoms with Crippen molar-refractivity contribution in [3.63, 3.8) is 0 Å². The fourth-order valence-corrected chi connectivity index (χ4v) is 8.28. The molecule has 0 radical (unpaired) electrons. The average molecular weight is 854 g/mol. The van der Waals surface area contributed by atoms with Crippen LogP contribution in [0.25, 0.3) is 10.8 Å². The summed E-state index contributed by atoms with van der Waals surface area (Å²) in [6, 6.07) is 20.9. The fraction of sp³-hybridized carbons (Fsp3) is 0.366. The van der Waals surface area contributed by atoms with Crippen LogP contribution in [0.4, 0.5) is 8.78 Å². The highest BCUT2D eigenvalue weighted by Gasteiger charge is 2.41. The van der Waals surface area contributed by atoms with E-state index in [1.807, 2.05) is 79.5 Å². The Labute approximate surface area is 343 Å². The largest absolute Gasteiger partial charge is 0.460 e. The number of halogens is 2. The van der Waals surface area contributed by atoms with Gasteiger partial charge in [0.05, 0.1) is 31.6 Å². The number of aromatic amines is 1. The van der Waals surface area contributed by atoms with Crippen molar-refractivity contribution in [1.82, 2.24) is 24.9 Å². The summed E-state index contributed by atoms with van der Waals surface area (Å²) in [5, 5.41) is 15.7. The lowest BCUT2D eigenvalue weighted by atomic mass is 10.0. The van der Waals surface area contributed by atoms with Gasteiger partial charge in [0, 0.05) is 11.6 Å². The van der Waals surface area contributed by atoms with E-state index in [1.54, 1.807) is 12.1 Å². The number of nitrogens with one attached hydrogen (secondary N) is 3. The number of hydrogen-bond donors (Lipinski definition) is 4. The summed E-state index contributed by atoms with van der Waals surface area (Å²) >= 11 is 0. The van der Waals surface area contributed by atoms with E-state index in [1.165, 1.54) is 11.8 Å². The van der Waals surface area contributed by atoms with Gasteiger partial charge in [-0.2, -0.15) is 13.9 Å². The van der Waals surface area contributed by atoms with E-state index in [0.717, 1.165) is 27.9 Å². The summed E-state index contributed by atoms with van der Waals surface area (Å²) in [6.45, 7) is 8.78. The van der Waals surface area contributed by atoms with Crippen molar-refractivity contribution in [2.45, 2.75) is 70.9 Å². The monoisotopic (exact) mass is 853 g/mol. The summed E-state index contributed by atoms with van der Waals surface area (Å²) in [5.41, 5.74) is -0.953. The third kappa shape index (κ3) is 10.6. The molecule has 4 heterocycles. The number of aromatic nitrogens is 2. The van der Waals surface area contributed by atoms with Crippen LogP contribution >= 0.6 is 7.75 Å². The van der Waals surface area contributed by atoms with E-state index < -0.39 is 67.1 Å². The molecule has 320 valence electrons. The van der Waals surface area contributed by atoms with Crippen molar-refractivity contribution in [2.75, 3.05) is 13.2 Å². The quantitative estimate of drug-likeness (QED) is 0.102. The molecule has 4 N–H and O–H groups in total. The molecule has 16 nitrogen and oxygen atoms in total. The van der Waals surface area contributed by atoms with Gasteiger partial charge < -0.3 is 34.1 Å². The summed E-state index contributed by atoms with van der Waals surface area (Å²) in [7, 11) is -4.20. The topological polar surface area (TPSA) is 200 Å². The highest BCUT2D eigenvalue weighted by atomic mass is 31.2. The fourth-order valence-electron chi connectivity index (χ4n) is 6.76. The molecule has 0 bridgehead atoms. The number of rotatable bonds is 13. The van der Waals surface area contributed by atoms with Crippen LogP contribution in [0.15, 0.2) is 113 Å². The second kappa shape index (κ2) is 19.3. The number of esters is 1. The Morgan fingerprint density at radius 2 is 1.65 bits per heavy atom. The Bertz CT molecular complexity index is 2390. The predicted octanol–water partition coefficient (Wildman–Crippen LogP) is 5.12. The minimum absolute atomic E-state index is 0.0487. The third-order valence-electron chi connectivity index (χ3n) is 10.1. The van der Waals surface area contributed by atoms with E-state index in [2.05, 4.69) is 17.0 Å². The molecule has 60 heavy (non-hydrogen) atoms. The maximum absolute atomic E-state index is 14.2. The molecule has 8 atom stereocenters. The molecular weight excluding hydrogens is 807 g/mol. The van der Waals surface area contributed by atoms with Crippen LogP contribution in [0.3, 0.4) is 0 Å². The lowest BCUT2D eigenvalue weighted by Gasteiger charge is -2.31. The second-order valence-corrected chi connectivity index (χ2v) is 16.3. The Hall–Kier alpha value is -5.49. The number of amides is 1. The van der Waals surface area contributed by atoms with Crippen molar-refractivity contribution in [3.8, 4) is 5.75 Å². The van der Waals surface area contributed by atoms with E-state index in [4.69, 9.17) is 28.4 Å². The van der Waals surface area contributed by atoms with Gasteiger partial charge in [-0.25, -0.2) is 9.36 Å². The van der Waals surface area contributed by atoms with Gasteiger partial charge in [-0.15, -0.1) is 0 Å². The molecule has 3 unspecified atom stereocenters. The van der Waals surface area contributed by atoms with Crippen LogP contribution in [-0.2, 0) is 39.5 Å². The first-order valence-corrected chi connectivity index (χ1v) is 20.7. The smallest absolute Gasteiger partial charge is 0.459 e. The molecule has 3 aliphatic rings. The number of hydrogen-bond acceptors (Lipinski definition) is 12. The van der Waals surface area contributed by atoms with Gasteiger partial charge in [0.1, 0.15) is 36.7 Å². The maximum Gasteiger partial charge on any atom is 0.459 e. The number of carbonyl (C=O) groups is 2. The van der Waals surface area contributed by atoms with Crippen molar-refractivity contribution in [3.05, 3.63) is 136 Å². The molecular formula is C41H46F2N5O11P. The number of fused-ring (bicyclic) bond motifs is 1. The Kier molecular flexibility index (Phi) is 14.2. The lowest BCUT2D eigenvalue weighted by molar-refractivity contribution is -0.146. The molecule has 1 aromatic heterocycles. The van der Waals surface area contributed by atoms with Gasteiger partial charge in [-0.05, 0) is 48.6 Å². The molecule has 3 aromatic carbocycles. The van der Waals surface area contributed by atoms with Crippen LogP contribution in [0.2, 0.25) is 0 Å². The van der Waals surface area contributed by atoms with Crippen LogP contribution in [0.1, 0.15) is 45.4 Å². The van der Waals surface area contributed by atoms with Crippen LogP contribution in [0, 0.1) is 17.7 Å². The summed E-state index contributed by atoms with van der Waals surface area (Å²) in [4.78, 5) is 50.1. The molecule has 3 aliphatic heterocycles. The summed E-state index contributed by atoms with van der Waals surface area (Å²) < 4.78 is 71.2. The van der Waals surface area contributed by atoms with E-state index >= 15 is 0 Å². The van der Waals surface area contributed by atoms with Gasteiger partial charge >= 0.3 is 19.4 Å². The first-order chi connectivity index (χ1) is 28.6. The zero-order valence-corrected chi connectivity index (χ0v) is 33.9. The zero-order chi connectivity index (χ0) is 43.1. The molecule has 1 amide bonds. The third-order valence-corrected chi connectivity index (χ3v) is 11.8. The Morgan fingerprint density at radius 1 is 0.983 bits per heavy atom. The molecule has 0 spiro atoms. The van der Waals surface area contributed by atoms with Crippen LogP contribution in [0.5, 0.6) is 5.75 Å². The van der Waals surface area contributed by atoms with Crippen LogP contribution < -0.4 is 26.2 Å². The number of H-pyrrole nitrogens is 1. The average Bonchev–Trinajstić information content (AvgIpc) is 3.80. The number of benzene rings is 3. The molecule has 2 fully saturated rings. The molecule has 4 aromatic rings. The number of nitrogens with zero attached hydrogens (tertiary/aromatic N) is 2. The molecule has 7 rings (SSSR count).